The number of amides is 1. The molecule has 0 heterocycles. The lowest BCUT2D eigenvalue weighted by molar-refractivity contribution is -0.0479. The Morgan fingerprint density at radius 3 is 2.74 bits per heavy atom. The summed E-state index contributed by atoms with van der Waals surface area (Å²) in [4.78, 5) is 12.1. The molecule has 0 saturated heterocycles. The van der Waals surface area contributed by atoms with Crippen LogP contribution in [0.4, 0.5) is 0 Å². The number of rotatable bonds is 6. The predicted octanol–water partition coefficient (Wildman–Crippen LogP) is 2.88. The predicted molar refractivity (Wildman–Crippen MR) is 78.8 cm³/mol. The van der Waals surface area contributed by atoms with E-state index in [1.165, 1.54) is 0 Å². The largest absolute Gasteiger partial charge is 0.382 e. The zero-order chi connectivity index (χ0) is 14.5. The van der Waals surface area contributed by atoms with Crippen molar-refractivity contribution in [2.75, 3.05) is 27.4 Å². The molecule has 0 aliphatic carbocycles. The third-order valence-electron chi connectivity index (χ3n) is 2.74. The fourth-order valence-corrected chi connectivity index (χ4v) is 2.09. The highest BCUT2D eigenvalue weighted by Gasteiger charge is 2.25. The molecule has 0 aromatic heterocycles. The smallest absolute Gasteiger partial charge is 0.252 e. The summed E-state index contributed by atoms with van der Waals surface area (Å²) in [5.74, 6) is -0.245. The van der Waals surface area contributed by atoms with Crippen molar-refractivity contribution in [2.45, 2.75) is 12.5 Å². The van der Waals surface area contributed by atoms with E-state index in [1.807, 2.05) is 6.92 Å². The number of methoxy groups -OCH3 is 2. The number of hydrogen-bond acceptors (Lipinski definition) is 3. The van der Waals surface area contributed by atoms with E-state index in [9.17, 15) is 4.79 Å². The Balaban J connectivity index is 2.72. The molecule has 0 spiro atoms. The maximum absolute atomic E-state index is 12.1. The SMILES string of the molecule is COC[C@@](C)(CNC(=O)c1cc(Br)ccc1Cl)OC. The second-order valence-electron chi connectivity index (χ2n) is 4.39. The molecule has 6 heteroatoms. The third kappa shape index (κ3) is 4.76. The van der Waals surface area contributed by atoms with Crippen molar-refractivity contribution in [2.24, 2.45) is 0 Å². The van der Waals surface area contributed by atoms with Gasteiger partial charge in [-0.15, -0.1) is 0 Å². The van der Waals surface area contributed by atoms with Gasteiger partial charge in [-0.05, 0) is 25.1 Å². The zero-order valence-electron chi connectivity index (χ0n) is 11.1. The summed E-state index contributed by atoms with van der Waals surface area (Å²) in [6.45, 7) is 2.58. The second-order valence-corrected chi connectivity index (χ2v) is 5.72. The number of carbonyl (C=O) groups is 1. The molecule has 0 fully saturated rings. The van der Waals surface area contributed by atoms with Gasteiger partial charge in [0.1, 0.15) is 5.60 Å². The Labute approximate surface area is 126 Å². The second kappa shape index (κ2) is 7.24. The lowest BCUT2D eigenvalue weighted by Gasteiger charge is -2.27. The molecule has 0 aliphatic heterocycles. The molecule has 0 bridgehead atoms. The van der Waals surface area contributed by atoms with Gasteiger partial charge < -0.3 is 14.8 Å². The molecule has 106 valence electrons. The summed E-state index contributed by atoms with van der Waals surface area (Å²) in [6, 6.07) is 5.13. The van der Waals surface area contributed by atoms with Crippen LogP contribution in [-0.4, -0.2) is 38.9 Å². The van der Waals surface area contributed by atoms with E-state index in [2.05, 4.69) is 21.2 Å². The molecule has 4 nitrogen and oxygen atoms in total. The fraction of sp³-hybridized carbons (Fsp3) is 0.462. The van der Waals surface area contributed by atoms with E-state index in [-0.39, 0.29) is 5.91 Å². The van der Waals surface area contributed by atoms with E-state index in [0.717, 1.165) is 4.47 Å². The maximum Gasteiger partial charge on any atom is 0.252 e. The van der Waals surface area contributed by atoms with Gasteiger partial charge in [0.25, 0.3) is 5.91 Å². The van der Waals surface area contributed by atoms with Gasteiger partial charge in [0.15, 0.2) is 0 Å². The van der Waals surface area contributed by atoms with Crippen molar-refractivity contribution in [1.29, 1.82) is 0 Å². The Morgan fingerprint density at radius 2 is 2.16 bits per heavy atom. The average Bonchev–Trinajstić information content (AvgIpc) is 2.39. The topological polar surface area (TPSA) is 47.6 Å². The van der Waals surface area contributed by atoms with Gasteiger partial charge in [-0.1, -0.05) is 27.5 Å². The highest BCUT2D eigenvalue weighted by molar-refractivity contribution is 9.10. The first-order valence-electron chi connectivity index (χ1n) is 5.69. The number of benzene rings is 1. The van der Waals surface area contributed by atoms with Crippen molar-refractivity contribution < 1.29 is 14.3 Å². The Bertz CT molecular complexity index is 456. The molecule has 19 heavy (non-hydrogen) atoms. The van der Waals surface area contributed by atoms with Crippen molar-refractivity contribution in [1.82, 2.24) is 5.32 Å². The van der Waals surface area contributed by atoms with E-state index in [1.54, 1.807) is 32.4 Å². The Morgan fingerprint density at radius 1 is 1.47 bits per heavy atom. The van der Waals surface area contributed by atoms with Crippen molar-refractivity contribution in [3.05, 3.63) is 33.3 Å². The van der Waals surface area contributed by atoms with Crippen molar-refractivity contribution in [3.63, 3.8) is 0 Å². The third-order valence-corrected chi connectivity index (χ3v) is 3.56. The summed E-state index contributed by atoms with van der Waals surface area (Å²) in [6.07, 6.45) is 0. The molecular formula is C13H17BrClNO3. The van der Waals surface area contributed by atoms with Crippen LogP contribution in [-0.2, 0) is 9.47 Å². The lowest BCUT2D eigenvalue weighted by atomic mass is 10.1. The molecule has 0 saturated carbocycles. The van der Waals surface area contributed by atoms with Crippen LogP contribution in [0.1, 0.15) is 17.3 Å². The van der Waals surface area contributed by atoms with Gasteiger partial charge >= 0.3 is 0 Å². The van der Waals surface area contributed by atoms with Crippen LogP contribution in [0.15, 0.2) is 22.7 Å². The molecule has 0 aliphatic rings. The van der Waals surface area contributed by atoms with Crippen LogP contribution >= 0.6 is 27.5 Å². The first kappa shape index (κ1) is 16.4. The van der Waals surface area contributed by atoms with E-state index in [0.29, 0.717) is 23.7 Å². The lowest BCUT2D eigenvalue weighted by Crippen LogP contribution is -2.45. The van der Waals surface area contributed by atoms with Crippen LogP contribution in [0, 0.1) is 0 Å². The fourth-order valence-electron chi connectivity index (χ4n) is 1.52. The first-order chi connectivity index (χ1) is 8.91. The van der Waals surface area contributed by atoms with Gasteiger partial charge in [0.2, 0.25) is 0 Å². The maximum atomic E-state index is 12.1. The molecular weight excluding hydrogens is 334 g/mol. The monoisotopic (exact) mass is 349 g/mol. The summed E-state index contributed by atoms with van der Waals surface area (Å²) in [5.41, 5.74) is -0.144. The molecule has 1 aromatic carbocycles. The Hall–Kier alpha value is -0.620. The number of nitrogens with one attached hydrogen (secondary N) is 1. The molecule has 0 unspecified atom stereocenters. The molecule has 1 amide bonds. The minimum absolute atomic E-state index is 0.245. The van der Waals surface area contributed by atoms with Crippen LogP contribution < -0.4 is 5.32 Å². The zero-order valence-corrected chi connectivity index (χ0v) is 13.5. The molecule has 1 N–H and O–H groups in total. The Kier molecular flexibility index (Phi) is 6.26. The average molecular weight is 351 g/mol. The molecule has 1 atom stereocenters. The van der Waals surface area contributed by atoms with E-state index >= 15 is 0 Å². The molecule has 1 aromatic rings. The van der Waals surface area contributed by atoms with E-state index in [4.69, 9.17) is 21.1 Å². The standard InChI is InChI=1S/C13H17BrClNO3/c1-13(19-3,8-18-2)7-16-12(17)10-6-9(14)4-5-11(10)15/h4-6H,7-8H2,1-3H3,(H,16,17)/t13-/m1/s1. The number of hydrogen-bond donors (Lipinski definition) is 1. The first-order valence-corrected chi connectivity index (χ1v) is 6.86. The van der Waals surface area contributed by atoms with Gasteiger partial charge in [-0.3, -0.25) is 4.79 Å². The summed E-state index contributed by atoms with van der Waals surface area (Å²) in [5, 5.41) is 3.20. The van der Waals surface area contributed by atoms with Crippen molar-refractivity contribution >= 4 is 33.4 Å². The number of carbonyl (C=O) groups excluding carboxylic acids is 1. The van der Waals surface area contributed by atoms with Crippen LogP contribution in [0.2, 0.25) is 5.02 Å². The normalized spacial score (nSPS) is 13.9. The number of halogens is 2. The van der Waals surface area contributed by atoms with Gasteiger partial charge in [0, 0.05) is 25.2 Å². The summed E-state index contributed by atoms with van der Waals surface area (Å²) in [7, 11) is 3.17. The minimum Gasteiger partial charge on any atom is -0.382 e. The number of ether oxygens (including phenoxy) is 2. The quantitative estimate of drug-likeness (QED) is 0.858. The van der Waals surface area contributed by atoms with Crippen molar-refractivity contribution in [3.8, 4) is 0 Å². The molecule has 1 rings (SSSR count). The van der Waals surface area contributed by atoms with E-state index < -0.39 is 5.60 Å². The van der Waals surface area contributed by atoms with Crippen LogP contribution in [0.3, 0.4) is 0 Å². The van der Waals surface area contributed by atoms with Crippen LogP contribution in [0.25, 0.3) is 0 Å². The minimum atomic E-state index is -0.567. The highest BCUT2D eigenvalue weighted by Crippen LogP contribution is 2.21. The van der Waals surface area contributed by atoms with Gasteiger partial charge in [-0.2, -0.15) is 0 Å². The van der Waals surface area contributed by atoms with Gasteiger partial charge in [0.05, 0.1) is 17.2 Å². The highest BCUT2D eigenvalue weighted by atomic mass is 79.9. The van der Waals surface area contributed by atoms with Gasteiger partial charge in [-0.25, -0.2) is 0 Å². The van der Waals surface area contributed by atoms with Crippen LogP contribution in [0.5, 0.6) is 0 Å². The molecule has 0 radical (unpaired) electrons. The summed E-state index contributed by atoms with van der Waals surface area (Å²) >= 11 is 9.31. The summed E-state index contributed by atoms with van der Waals surface area (Å²) < 4.78 is 11.2.